The van der Waals surface area contributed by atoms with Gasteiger partial charge in [0.15, 0.2) is 0 Å². The number of amides is 1. The summed E-state index contributed by atoms with van der Waals surface area (Å²) in [6.45, 7) is 4.52. The monoisotopic (exact) mass is 346 g/mol. The largest absolute Gasteiger partial charge is 0.337 e. The number of fused-ring (bicyclic) bond motifs is 2. The van der Waals surface area contributed by atoms with Gasteiger partial charge in [-0.05, 0) is 56.5 Å². The van der Waals surface area contributed by atoms with Gasteiger partial charge in [0.1, 0.15) is 11.6 Å². The lowest BCUT2D eigenvalue weighted by Crippen LogP contribution is -2.60. The Balaban J connectivity index is 1.69. The van der Waals surface area contributed by atoms with Crippen molar-refractivity contribution in [1.29, 1.82) is 0 Å². The summed E-state index contributed by atoms with van der Waals surface area (Å²) in [5, 5.41) is 0. The van der Waals surface area contributed by atoms with E-state index in [4.69, 9.17) is 0 Å². The molecule has 1 aromatic carbocycles. The number of hydrogen-bond acceptors (Lipinski definition) is 2. The van der Waals surface area contributed by atoms with Crippen LogP contribution in [0.3, 0.4) is 0 Å². The highest BCUT2D eigenvalue weighted by Gasteiger charge is 2.54. The Labute approximate surface area is 147 Å². The second kappa shape index (κ2) is 6.52. The fraction of sp³-hybridized carbons (Fsp3) is 0.550. The van der Waals surface area contributed by atoms with Gasteiger partial charge >= 0.3 is 0 Å². The third kappa shape index (κ3) is 2.88. The maximum Gasteiger partial charge on any atom is 0.226 e. The molecule has 3 nitrogen and oxygen atoms in total. The Bertz CT molecular complexity index is 677. The van der Waals surface area contributed by atoms with E-state index in [0.717, 1.165) is 32.0 Å². The molecule has 0 saturated carbocycles. The molecule has 0 radical (unpaired) electrons. The van der Waals surface area contributed by atoms with Crippen LogP contribution in [0, 0.1) is 17.6 Å². The van der Waals surface area contributed by atoms with Gasteiger partial charge in [0.05, 0.1) is 6.04 Å². The van der Waals surface area contributed by atoms with Gasteiger partial charge in [-0.2, -0.15) is 0 Å². The second-order valence-electron chi connectivity index (χ2n) is 7.48. The van der Waals surface area contributed by atoms with E-state index in [0.29, 0.717) is 24.4 Å². The Morgan fingerprint density at radius 1 is 1.16 bits per heavy atom. The topological polar surface area (TPSA) is 23.6 Å². The van der Waals surface area contributed by atoms with E-state index in [2.05, 4.69) is 4.90 Å². The molecular weight excluding hydrogens is 322 g/mol. The fourth-order valence-electron chi connectivity index (χ4n) is 5.12. The summed E-state index contributed by atoms with van der Waals surface area (Å²) in [4.78, 5) is 17.2. The summed E-state index contributed by atoms with van der Waals surface area (Å²) in [7, 11) is 0. The third-order valence-electron chi connectivity index (χ3n) is 6.16. The average molecular weight is 346 g/mol. The number of hydrogen-bond donors (Lipinski definition) is 0. The van der Waals surface area contributed by atoms with Crippen LogP contribution in [0.15, 0.2) is 30.4 Å². The van der Waals surface area contributed by atoms with Gasteiger partial charge in [0.25, 0.3) is 0 Å². The fourth-order valence-corrected chi connectivity index (χ4v) is 5.12. The highest BCUT2D eigenvalue weighted by atomic mass is 19.1. The molecule has 4 heterocycles. The van der Waals surface area contributed by atoms with Crippen molar-refractivity contribution in [2.75, 3.05) is 19.6 Å². The van der Waals surface area contributed by atoms with Gasteiger partial charge in [-0.1, -0.05) is 12.2 Å². The number of carbonyl (C=O) groups excluding carboxylic acids is 1. The van der Waals surface area contributed by atoms with Crippen molar-refractivity contribution in [2.45, 2.75) is 44.2 Å². The first-order chi connectivity index (χ1) is 12.1. The third-order valence-corrected chi connectivity index (χ3v) is 6.16. The van der Waals surface area contributed by atoms with E-state index in [1.807, 2.05) is 24.0 Å². The molecular formula is C20H24F2N2O. The number of allylic oxidation sites excluding steroid dienone is 1. The SMILES string of the molecule is C/C=C/CC(=O)N1C[C@H](c2cc(F)cc(F)c2)[C@H]2[C@@H]1C1CCN2CC1. The van der Waals surface area contributed by atoms with Gasteiger partial charge in [-0.3, -0.25) is 9.69 Å². The molecule has 3 atom stereocenters. The zero-order valence-electron chi connectivity index (χ0n) is 14.5. The van der Waals surface area contributed by atoms with Crippen molar-refractivity contribution >= 4 is 5.91 Å². The predicted molar refractivity (Wildman–Crippen MR) is 92.1 cm³/mol. The van der Waals surface area contributed by atoms with Gasteiger partial charge in [0.2, 0.25) is 5.91 Å². The molecule has 0 spiro atoms. The molecule has 5 rings (SSSR count). The first kappa shape index (κ1) is 16.7. The van der Waals surface area contributed by atoms with Crippen molar-refractivity contribution in [1.82, 2.24) is 9.80 Å². The van der Waals surface area contributed by atoms with Crippen molar-refractivity contribution in [2.24, 2.45) is 5.92 Å². The van der Waals surface area contributed by atoms with Crippen LogP contribution in [0.1, 0.15) is 37.7 Å². The van der Waals surface area contributed by atoms with E-state index in [-0.39, 0.29) is 23.9 Å². The minimum atomic E-state index is -0.541. The van der Waals surface area contributed by atoms with Crippen LogP contribution >= 0.6 is 0 Å². The first-order valence-corrected chi connectivity index (χ1v) is 9.19. The normalized spacial score (nSPS) is 33.9. The molecule has 5 heteroatoms. The molecule has 0 unspecified atom stereocenters. The minimum Gasteiger partial charge on any atom is -0.337 e. The number of rotatable bonds is 3. The van der Waals surface area contributed by atoms with Crippen LogP contribution < -0.4 is 0 Å². The highest BCUT2D eigenvalue weighted by Crippen LogP contribution is 2.46. The van der Waals surface area contributed by atoms with Crippen molar-refractivity contribution in [3.8, 4) is 0 Å². The summed E-state index contributed by atoms with van der Waals surface area (Å²) in [5.74, 6) is -0.468. The maximum atomic E-state index is 13.8. The molecule has 25 heavy (non-hydrogen) atoms. The molecule has 4 aliphatic rings. The molecule has 4 saturated heterocycles. The van der Waals surface area contributed by atoms with Gasteiger partial charge in [-0.15, -0.1) is 0 Å². The van der Waals surface area contributed by atoms with Crippen LogP contribution in [0.4, 0.5) is 8.78 Å². The Kier molecular flexibility index (Phi) is 4.36. The zero-order chi connectivity index (χ0) is 17.6. The Morgan fingerprint density at radius 3 is 2.48 bits per heavy atom. The van der Waals surface area contributed by atoms with Crippen molar-refractivity contribution in [3.63, 3.8) is 0 Å². The van der Waals surface area contributed by atoms with E-state index in [9.17, 15) is 13.6 Å². The molecule has 0 aliphatic carbocycles. The van der Waals surface area contributed by atoms with E-state index in [1.54, 1.807) is 0 Å². The summed E-state index contributed by atoms with van der Waals surface area (Å²) in [6, 6.07) is 4.15. The lowest BCUT2D eigenvalue weighted by Gasteiger charge is -2.51. The molecule has 0 aromatic heterocycles. The second-order valence-corrected chi connectivity index (χ2v) is 7.48. The Morgan fingerprint density at radius 2 is 1.84 bits per heavy atom. The summed E-state index contributed by atoms with van der Waals surface area (Å²) in [5.41, 5.74) is 0.682. The van der Waals surface area contributed by atoms with Crippen molar-refractivity contribution in [3.05, 3.63) is 47.5 Å². The maximum absolute atomic E-state index is 13.8. The first-order valence-electron chi connectivity index (χ1n) is 9.19. The number of carbonyl (C=O) groups is 1. The van der Waals surface area contributed by atoms with Gasteiger partial charge in [-0.25, -0.2) is 8.78 Å². The smallest absolute Gasteiger partial charge is 0.226 e. The summed E-state index contributed by atoms with van der Waals surface area (Å²) < 4.78 is 27.5. The van der Waals surface area contributed by atoms with Gasteiger partial charge < -0.3 is 4.90 Å². The van der Waals surface area contributed by atoms with Crippen LogP contribution in [0.25, 0.3) is 0 Å². The average Bonchev–Trinajstić information content (AvgIpc) is 3.03. The number of nitrogens with zero attached hydrogens (tertiary/aromatic N) is 2. The number of piperidine rings is 3. The molecule has 4 aliphatic heterocycles. The summed E-state index contributed by atoms with van der Waals surface area (Å²) >= 11 is 0. The van der Waals surface area contributed by atoms with Crippen molar-refractivity contribution < 1.29 is 13.6 Å². The molecule has 2 bridgehead atoms. The van der Waals surface area contributed by atoms with Crippen LogP contribution in [-0.4, -0.2) is 47.4 Å². The molecule has 1 aromatic rings. The standard InChI is InChI=1S/C20H24F2N2O/c1-2-3-4-18(25)24-12-17(14-9-15(21)11-16(22)10-14)20-19(24)13-5-7-23(20)8-6-13/h2-3,9-11,13,17,19-20H,4-8,12H2,1H3/b3-2+/t17-,19+,20+/m1/s1. The molecule has 134 valence electrons. The minimum absolute atomic E-state index is 0.0205. The lowest BCUT2D eigenvalue weighted by molar-refractivity contribution is -0.135. The number of benzene rings is 1. The predicted octanol–water partition coefficient (Wildman–Crippen LogP) is 3.32. The van der Waals surface area contributed by atoms with Gasteiger partial charge in [0, 0.05) is 31.0 Å². The van der Waals surface area contributed by atoms with E-state index < -0.39 is 11.6 Å². The number of likely N-dealkylation sites (tertiary alicyclic amines) is 1. The molecule has 1 amide bonds. The van der Waals surface area contributed by atoms with Crippen LogP contribution in [-0.2, 0) is 4.79 Å². The summed E-state index contributed by atoms with van der Waals surface area (Å²) in [6.07, 6.45) is 6.39. The van der Waals surface area contributed by atoms with Crippen LogP contribution in [0.5, 0.6) is 0 Å². The van der Waals surface area contributed by atoms with E-state index >= 15 is 0 Å². The quantitative estimate of drug-likeness (QED) is 0.784. The zero-order valence-corrected chi connectivity index (χ0v) is 14.5. The highest BCUT2D eigenvalue weighted by molar-refractivity contribution is 5.79. The lowest BCUT2D eigenvalue weighted by atomic mass is 9.75. The number of halogens is 2. The molecule has 0 N–H and O–H groups in total. The molecule has 4 fully saturated rings. The van der Waals surface area contributed by atoms with E-state index in [1.165, 1.54) is 12.1 Å². The van der Waals surface area contributed by atoms with Crippen LogP contribution in [0.2, 0.25) is 0 Å². The Hall–Kier alpha value is -1.75.